The Morgan fingerprint density at radius 3 is 2.39 bits per heavy atom. The number of nitrogens with zero attached hydrogens (tertiary/aromatic N) is 3. The number of aromatic nitrogens is 1. The fourth-order valence-electron chi connectivity index (χ4n) is 2.08. The number of thiazole rings is 1. The van der Waals surface area contributed by atoms with Crippen molar-refractivity contribution in [2.75, 3.05) is 5.32 Å². The van der Waals surface area contributed by atoms with E-state index in [9.17, 15) is 0 Å². The van der Waals surface area contributed by atoms with E-state index in [1.807, 2.05) is 47.5 Å². The molecule has 0 atom stereocenters. The van der Waals surface area contributed by atoms with Crippen molar-refractivity contribution in [3.63, 3.8) is 0 Å². The Kier molecular flexibility index (Phi) is 4.78. The van der Waals surface area contributed by atoms with E-state index in [0.29, 0.717) is 0 Å². The second kappa shape index (κ2) is 7.15. The zero-order valence-corrected chi connectivity index (χ0v) is 14.0. The van der Waals surface area contributed by atoms with Gasteiger partial charge in [-0.3, -0.25) is 0 Å². The predicted molar refractivity (Wildman–Crippen MR) is 94.6 cm³/mol. The van der Waals surface area contributed by atoms with E-state index in [1.54, 1.807) is 11.3 Å². The SMILES string of the molecule is Cc1ccc(CNc2ccc(N=Nc3scc[n+]3C)cc2)cc1. The molecule has 1 N–H and O–H groups in total. The molecule has 23 heavy (non-hydrogen) atoms. The maximum Gasteiger partial charge on any atom is 0.408 e. The van der Waals surface area contributed by atoms with Gasteiger partial charge in [0.05, 0.1) is 12.2 Å². The molecular weight excluding hydrogens is 304 g/mol. The molecule has 3 aromatic rings. The van der Waals surface area contributed by atoms with Crippen LogP contribution in [0.4, 0.5) is 16.5 Å². The number of benzene rings is 2. The highest BCUT2D eigenvalue weighted by atomic mass is 32.1. The van der Waals surface area contributed by atoms with Crippen molar-refractivity contribution < 1.29 is 4.57 Å². The summed E-state index contributed by atoms with van der Waals surface area (Å²) in [7, 11) is 1.96. The molecule has 0 aliphatic carbocycles. The van der Waals surface area contributed by atoms with E-state index < -0.39 is 0 Å². The Morgan fingerprint density at radius 1 is 1.00 bits per heavy atom. The van der Waals surface area contributed by atoms with Crippen molar-refractivity contribution in [3.05, 3.63) is 71.2 Å². The third kappa shape index (κ3) is 4.23. The molecule has 5 heteroatoms. The maximum atomic E-state index is 4.27. The molecule has 1 heterocycles. The lowest BCUT2D eigenvalue weighted by molar-refractivity contribution is -0.654. The number of hydrogen-bond donors (Lipinski definition) is 1. The molecule has 116 valence electrons. The second-order valence-electron chi connectivity index (χ2n) is 5.38. The summed E-state index contributed by atoms with van der Waals surface area (Å²) < 4.78 is 1.95. The van der Waals surface area contributed by atoms with E-state index in [-0.39, 0.29) is 0 Å². The number of nitrogens with one attached hydrogen (secondary N) is 1. The maximum absolute atomic E-state index is 4.27. The van der Waals surface area contributed by atoms with Crippen LogP contribution < -0.4 is 9.88 Å². The molecule has 0 aliphatic heterocycles. The smallest absolute Gasteiger partial charge is 0.381 e. The number of hydrogen-bond acceptors (Lipinski definition) is 4. The molecule has 3 rings (SSSR count). The van der Waals surface area contributed by atoms with Crippen LogP contribution in [-0.4, -0.2) is 0 Å². The van der Waals surface area contributed by atoms with Gasteiger partial charge in [0, 0.05) is 17.6 Å². The Balaban J connectivity index is 1.59. The average molecular weight is 323 g/mol. The molecule has 0 amide bonds. The standard InChI is InChI=1S/C18H18N4S/c1-14-3-5-15(6-4-14)13-19-16-7-9-17(10-8-16)20-21-18-22(2)11-12-23-18/h3-12H,13H2,1-2H3/p+1. The zero-order chi connectivity index (χ0) is 16.1. The van der Waals surface area contributed by atoms with Gasteiger partial charge in [-0.2, -0.15) is 0 Å². The van der Waals surface area contributed by atoms with Crippen molar-refractivity contribution in [1.82, 2.24) is 0 Å². The lowest BCUT2D eigenvalue weighted by atomic mass is 10.1. The molecule has 0 fully saturated rings. The van der Waals surface area contributed by atoms with Crippen molar-refractivity contribution in [1.29, 1.82) is 0 Å². The van der Waals surface area contributed by atoms with Crippen LogP contribution in [0, 0.1) is 6.92 Å². The molecule has 4 nitrogen and oxygen atoms in total. The lowest BCUT2D eigenvalue weighted by Crippen LogP contribution is -2.23. The first kappa shape index (κ1) is 15.4. The first-order valence-electron chi connectivity index (χ1n) is 7.45. The molecule has 0 bridgehead atoms. The summed E-state index contributed by atoms with van der Waals surface area (Å²) >= 11 is 1.57. The number of aryl methyl sites for hydroxylation is 2. The van der Waals surface area contributed by atoms with Gasteiger partial charge in [0.1, 0.15) is 11.9 Å². The van der Waals surface area contributed by atoms with Crippen LogP contribution in [0.3, 0.4) is 0 Å². The monoisotopic (exact) mass is 323 g/mol. The van der Waals surface area contributed by atoms with E-state index in [0.717, 1.165) is 23.1 Å². The van der Waals surface area contributed by atoms with Gasteiger partial charge in [-0.15, -0.1) is 0 Å². The van der Waals surface area contributed by atoms with Gasteiger partial charge >= 0.3 is 5.13 Å². The van der Waals surface area contributed by atoms with Gasteiger partial charge in [-0.1, -0.05) is 29.8 Å². The number of rotatable bonds is 5. The van der Waals surface area contributed by atoms with E-state index in [4.69, 9.17) is 0 Å². The molecule has 0 radical (unpaired) electrons. The summed E-state index contributed by atoms with van der Waals surface area (Å²) in [5.41, 5.74) is 4.47. The molecule has 0 saturated carbocycles. The van der Waals surface area contributed by atoms with E-state index in [1.165, 1.54) is 11.1 Å². The minimum Gasteiger partial charge on any atom is -0.381 e. The van der Waals surface area contributed by atoms with Crippen LogP contribution in [0.5, 0.6) is 0 Å². The third-order valence-electron chi connectivity index (χ3n) is 3.50. The lowest BCUT2D eigenvalue weighted by Gasteiger charge is -2.06. The van der Waals surface area contributed by atoms with Gasteiger partial charge in [0.2, 0.25) is 0 Å². The second-order valence-corrected chi connectivity index (χ2v) is 6.26. The predicted octanol–water partition coefficient (Wildman–Crippen LogP) is 4.91. The van der Waals surface area contributed by atoms with Gasteiger partial charge in [0.15, 0.2) is 0 Å². The third-order valence-corrected chi connectivity index (χ3v) is 4.33. The molecule has 0 aliphatic rings. The van der Waals surface area contributed by atoms with Crippen LogP contribution in [0.1, 0.15) is 11.1 Å². The largest absolute Gasteiger partial charge is 0.408 e. The fraction of sp³-hybridized carbons (Fsp3) is 0.167. The van der Waals surface area contributed by atoms with Crippen molar-refractivity contribution in [3.8, 4) is 0 Å². The molecular formula is C18H19N4S+. The Morgan fingerprint density at radius 2 is 1.74 bits per heavy atom. The molecule has 0 unspecified atom stereocenters. The molecule has 2 aromatic carbocycles. The summed E-state index contributed by atoms with van der Waals surface area (Å²) in [5, 5.41) is 14.8. The van der Waals surface area contributed by atoms with Gasteiger partial charge in [0.25, 0.3) is 0 Å². The van der Waals surface area contributed by atoms with E-state index >= 15 is 0 Å². The van der Waals surface area contributed by atoms with Crippen LogP contribution in [0.25, 0.3) is 0 Å². The summed E-state index contributed by atoms with van der Waals surface area (Å²) in [6, 6.07) is 16.5. The van der Waals surface area contributed by atoms with Crippen LogP contribution in [0.2, 0.25) is 0 Å². The van der Waals surface area contributed by atoms with Gasteiger partial charge in [-0.05, 0) is 53.2 Å². The minimum absolute atomic E-state index is 0.812. The van der Waals surface area contributed by atoms with Gasteiger partial charge < -0.3 is 5.32 Å². The topological polar surface area (TPSA) is 40.6 Å². The van der Waals surface area contributed by atoms with Gasteiger partial charge in [-0.25, -0.2) is 4.57 Å². The molecule has 1 aromatic heterocycles. The van der Waals surface area contributed by atoms with Crippen LogP contribution in [0.15, 0.2) is 70.3 Å². The van der Waals surface area contributed by atoms with Crippen molar-refractivity contribution in [2.45, 2.75) is 13.5 Å². The Hall–Kier alpha value is -2.53. The normalized spacial score (nSPS) is 11.0. The highest BCUT2D eigenvalue weighted by Crippen LogP contribution is 2.21. The quantitative estimate of drug-likeness (QED) is 0.526. The average Bonchev–Trinajstić information content (AvgIpc) is 2.98. The molecule has 0 saturated heterocycles. The zero-order valence-electron chi connectivity index (χ0n) is 13.2. The summed E-state index contributed by atoms with van der Waals surface area (Å²) in [6.07, 6.45) is 1.97. The molecule has 0 spiro atoms. The summed E-state index contributed by atoms with van der Waals surface area (Å²) in [4.78, 5) is 0. The van der Waals surface area contributed by atoms with Crippen molar-refractivity contribution >= 4 is 27.8 Å². The number of azo groups is 1. The number of anilines is 1. The van der Waals surface area contributed by atoms with Crippen molar-refractivity contribution in [2.24, 2.45) is 17.3 Å². The highest BCUT2D eigenvalue weighted by molar-refractivity contribution is 7.12. The fourth-order valence-corrected chi connectivity index (χ4v) is 2.76. The van der Waals surface area contributed by atoms with Crippen LogP contribution >= 0.6 is 11.3 Å². The Bertz CT molecular complexity index is 789. The summed E-state index contributed by atoms with van der Waals surface area (Å²) in [6.45, 7) is 2.91. The highest BCUT2D eigenvalue weighted by Gasteiger charge is 2.06. The minimum atomic E-state index is 0.812. The van der Waals surface area contributed by atoms with E-state index in [2.05, 4.69) is 46.7 Å². The Labute approximate surface area is 140 Å². The van der Waals surface area contributed by atoms with Crippen LogP contribution in [-0.2, 0) is 13.6 Å². The first-order chi connectivity index (χ1) is 11.2. The first-order valence-corrected chi connectivity index (χ1v) is 8.33. The summed E-state index contributed by atoms with van der Waals surface area (Å²) in [5.74, 6) is 0.